The summed E-state index contributed by atoms with van der Waals surface area (Å²) in [5.41, 5.74) is 22.3. The fourth-order valence-corrected chi connectivity index (χ4v) is 14.4. The summed E-state index contributed by atoms with van der Waals surface area (Å²) in [5.74, 6) is 4.06. The van der Waals surface area contributed by atoms with Gasteiger partial charge in [-0.2, -0.15) is 0 Å². The number of rotatable bonds is 4. The Hall–Kier alpha value is -10.8. The molecule has 5 heterocycles. The minimum absolute atomic E-state index is 0.574. The second-order valence-corrected chi connectivity index (χ2v) is 21.9. The summed E-state index contributed by atoms with van der Waals surface area (Å²) >= 11 is 0. The first kappa shape index (κ1) is 45.1. The van der Waals surface area contributed by atoms with E-state index in [0.29, 0.717) is 5.82 Å². The number of pyridine rings is 2. The lowest BCUT2D eigenvalue weighted by atomic mass is 9.66. The van der Waals surface area contributed by atoms with Crippen molar-refractivity contribution in [3.05, 3.63) is 312 Å². The second-order valence-electron chi connectivity index (χ2n) is 21.9. The van der Waals surface area contributed by atoms with Crippen molar-refractivity contribution in [1.29, 1.82) is 0 Å². The van der Waals surface area contributed by atoms with Crippen LogP contribution >= 0.6 is 0 Å². The quantitative estimate of drug-likeness (QED) is 0.164. The second kappa shape index (κ2) is 16.9. The third-order valence-electron chi connectivity index (χ3n) is 17.8. The average Bonchev–Trinajstić information content (AvgIpc) is 3.17. The molecule has 82 heavy (non-hydrogen) atoms. The van der Waals surface area contributed by atoms with Gasteiger partial charge in [-0.15, -0.1) is 0 Å². The molecule has 4 aliphatic rings. The molecule has 0 amide bonds. The van der Waals surface area contributed by atoms with Crippen molar-refractivity contribution in [1.82, 2.24) is 19.9 Å². The van der Waals surface area contributed by atoms with Crippen molar-refractivity contribution in [3.63, 3.8) is 0 Å². The highest BCUT2D eigenvalue weighted by atomic mass is 16.5. The lowest BCUT2D eigenvalue weighted by Crippen LogP contribution is -2.32. The zero-order valence-corrected chi connectivity index (χ0v) is 44.0. The maximum atomic E-state index is 6.85. The number of para-hydroxylation sites is 2. The molecule has 0 bridgehead atoms. The maximum Gasteiger partial charge on any atom is 0.160 e. The fraction of sp³-hybridized carbons (Fsp3) is 0.0263. The van der Waals surface area contributed by atoms with Gasteiger partial charge >= 0.3 is 0 Å². The first-order valence-corrected chi connectivity index (χ1v) is 27.9. The molecule has 380 valence electrons. The molecule has 14 aromatic rings. The lowest BCUT2D eigenvalue weighted by molar-refractivity contribution is 0.436. The Morgan fingerprint density at radius 1 is 0.293 bits per heavy atom. The van der Waals surface area contributed by atoms with Crippen LogP contribution in [-0.2, 0) is 10.8 Å². The predicted molar refractivity (Wildman–Crippen MR) is 327 cm³/mol. The molecule has 6 nitrogen and oxygen atoms in total. The molecule has 0 saturated carbocycles. The smallest absolute Gasteiger partial charge is 0.160 e. The Balaban J connectivity index is 0.772. The first-order chi connectivity index (χ1) is 40.6. The molecule has 0 radical (unpaired) electrons. The van der Waals surface area contributed by atoms with Crippen LogP contribution in [0.15, 0.2) is 267 Å². The molecule has 0 atom stereocenters. The fourth-order valence-electron chi connectivity index (χ4n) is 14.4. The van der Waals surface area contributed by atoms with E-state index in [2.05, 4.69) is 243 Å². The van der Waals surface area contributed by atoms with E-state index in [0.717, 1.165) is 117 Å². The summed E-state index contributed by atoms with van der Waals surface area (Å²) < 4.78 is 13.6. The van der Waals surface area contributed by atoms with E-state index in [1.54, 1.807) is 0 Å². The number of nitrogens with zero attached hydrogens (tertiary/aromatic N) is 4. The van der Waals surface area contributed by atoms with E-state index in [-0.39, 0.29) is 0 Å². The summed E-state index contributed by atoms with van der Waals surface area (Å²) in [6.45, 7) is 0. The molecule has 18 rings (SSSR count). The van der Waals surface area contributed by atoms with Gasteiger partial charge in [0.05, 0.1) is 38.8 Å². The van der Waals surface area contributed by atoms with Gasteiger partial charge in [-0.25, -0.2) is 15.0 Å². The number of ether oxygens (including phenoxy) is 2. The summed E-state index contributed by atoms with van der Waals surface area (Å²) in [7, 11) is 0. The number of benzene rings is 11. The molecule has 2 aliphatic carbocycles. The van der Waals surface area contributed by atoms with Gasteiger partial charge in [-0.3, -0.25) is 4.98 Å². The zero-order valence-electron chi connectivity index (χ0n) is 44.0. The molecule has 2 aliphatic heterocycles. The standard InChI is InChI=1S/C76H44N4O2/c1-2-16-46(17-3-1)74-79-66-37-33-47(41-56(66)71(80-74)50-35-39-70-64(43-50)76(62-27-13-15-29-68(62)82-70)59-24-10-6-20-54(59)55-21-7-11-25-60(55)76)51-40-49-31-30-45-32-36-65(78-73(45)72(49)77-44-51)48-34-38-69-63(42-48)75(61-26-12-14-28-67(61)81-69)57-22-8-4-18-52(57)53-19-5-9-23-58(53)75/h1-44H. The van der Waals surface area contributed by atoms with Gasteiger partial charge in [0.25, 0.3) is 0 Å². The van der Waals surface area contributed by atoms with E-state index in [1.165, 1.54) is 44.5 Å². The Bertz CT molecular complexity index is 5000. The van der Waals surface area contributed by atoms with E-state index >= 15 is 0 Å². The largest absolute Gasteiger partial charge is 0.457 e. The van der Waals surface area contributed by atoms with Gasteiger partial charge in [-0.05, 0) is 123 Å². The van der Waals surface area contributed by atoms with Gasteiger partial charge in [0, 0.05) is 66.9 Å². The first-order valence-electron chi connectivity index (χ1n) is 27.9. The molecular formula is C76H44N4O2. The molecule has 0 N–H and O–H groups in total. The summed E-state index contributed by atoms with van der Waals surface area (Å²) in [5, 5.41) is 2.95. The summed E-state index contributed by atoms with van der Waals surface area (Å²) in [4.78, 5) is 21.4. The Morgan fingerprint density at radius 3 is 1.39 bits per heavy atom. The van der Waals surface area contributed by atoms with Gasteiger partial charge in [0.2, 0.25) is 0 Å². The molecule has 0 saturated heterocycles. The monoisotopic (exact) mass is 1040 g/mol. The number of hydrogen-bond donors (Lipinski definition) is 0. The highest BCUT2D eigenvalue weighted by Crippen LogP contribution is 2.64. The Labute approximate surface area is 472 Å². The molecule has 2 spiro atoms. The maximum absolute atomic E-state index is 6.85. The van der Waals surface area contributed by atoms with Crippen molar-refractivity contribution >= 4 is 32.7 Å². The third kappa shape index (κ3) is 6.12. The van der Waals surface area contributed by atoms with Crippen LogP contribution in [0.3, 0.4) is 0 Å². The van der Waals surface area contributed by atoms with Crippen molar-refractivity contribution in [2.45, 2.75) is 10.8 Å². The molecule has 3 aromatic heterocycles. The predicted octanol–water partition coefficient (Wildman–Crippen LogP) is 18.3. The third-order valence-corrected chi connectivity index (χ3v) is 17.8. The van der Waals surface area contributed by atoms with Gasteiger partial charge < -0.3 is 9.47 Å². The zero-order chi connectivity index (χ0) is 53.7. The lowest BCUT2D eigenvalue weighted by Gasteiger charge is -2.39. The van der Waals surface area contributed by atoms with Crippen LogP contribution in [-0.4, -0.2) is 19.9 Å². The van der Waals surface area contributed by atoms with Crippen LogP contribution in [0.2, 0.25) is 0 Å². The summed E-state index contributed by atoms with van der Waals surface area (Å²) in [6, 6.07) is 93.1. The Kier molecular flexibility index (Phi) is 9.27. The highest BCUT2D eigenvalue weighted by Gasteiger charge is 2.52. The molecule has 6 heteroatoms. The van der Waals surface area contributed by atoms with Crippen molar-refractivity contribution in [2.75, 3.05) is 0 Å². The van der Waals surface area contributed by atoms with Crippen LogP contribution in [0.25, 0.3) is 100.0 Å². The van der Waals surface area contributed by atoms with E-state index in [9.17, 15) is 0 Å². The highest BCUT2D eigenvalue weighted by molar-refractivity contribution is 6.05. The van der Waals surface area contributed by atoms with Crippen LogP contribution in [0.1, 0.15) is 44.5 Å². The molecular weight excluding hydrogens is 1000 g/mol. The van der Waals surface area contributed by atoms with Crippen LogP contribution in [0, 0.1) is 0 Å². The minimum Gasteiger partial charge on any atom is -0.457 e. The Morgan fingerprint density at radius 2 is 0.780 bits per heavy atom. The number of aromatic nitrogens is 4. The van der Waals surface area contributed by atoms with Crippen LogP contribution < -0.4 is 9.47 Å². The molecule has 0 unspecified atom stereocenters. The average molecular weight is 1050 g/mol. The topological polar surface area (TPSA) is 70.0 Å². The minimum atomic E-state index is -0.624. The van der Waals surface area contributed by atoms with Gasteiger partial charge in [0.15, 0.2) is 5.82 Å². The number of fused-ring (bicyclic) bond motifs is 22. The molecule has 11 aromatic carbocycles. The normalized spacial score (nSPS) is 14.0. The van der Waals surface area contributed by atoms with E-state index in [1.807, 2.05) is 24.4 Å². The van der Waals surface area contributed by atoms with E-state index < -0.39 is 10.8 Å². The number of hydrogen-bond acceptors (Lipinski definition) is 6. The van der Waals surface area contributed by atoms with E-state index in [4.69, 9.17) is 29.4 Å². The van der Waals surface area contributed by atoms with Crippen molar-refractivity contribution in [2.24, 2.45) is 0 Å². The van der Waals surface area contributed by atoms with Crippen LogP contribution in [0.5, 0.6) is 23.0 Å². The SMILES string of the molecule is c1ccc(-c2nc(-c3ccc4c(c3)C3(c5ccccc5O4)c4ccccc4-c4ccccc43)c3cc(-c4cnc5c(ccc6ccc(-c7ccc8c(c7)C7(c9ccccc9O8)c8ccccc8-c8ccccc87)nc65)c4)ccc3n2)cc1. The van der Waals surface area contributed by atoms with Gasteiger partial charge in [0.1, 0.15) is 23.0 Å². The van der Waals surface area contributed by atoms with Crippen molar-refractivity contribution < 1.29 is 9.47 Å². The van der Waals surface area contributed by atoms with Gasteiger partial charge in [-0.1, -0.05) is 188 Å². The van der Waals surface area contributed by atoms with Crippen LogP contribution in [0.4, 0.5) is 0 Å². The van der Waals surface area contributed by atoms with Crippen molar-refractivity contribution in [3.8, 4) is 90.3 Å². The molecule has 0 fully saturated rings. The summed E-state index contributed by atoms with van der Waals surface area (Å²) in [6.07, 6.45) is 1.98.